The van der Waals surface area contributed by atoms with Crippen molar-refractivity contribution >= 4 is 11.6 Å². The second-order valence-electron chi connectivity index (χ2n) is 4.88. The van der Waals surface area contributed by atoms with Crippen LogP contribution in [0.25, 0.3) is 0 Å². The highest BCUT2D eigenvalue weighted by Gasteiger charge is 2.30. The number of hydrogen-bond acceptors (Lipinski definition) is 4. The monoisotopic (exact) mass is 284 g/mol. The number of aromatic nitrogens is 1. The molecule has 1 N–H and O–H groups in total. The summed E-state index contributed by atoms with van der Waals surface area (Å²) in [6.07, 6.45) is 0. The molecule has 1 amide bonds. The van der Waals surface area contributed by atoms with Crippen LogP contribution in [0.15, 0.2) is 36.4 Å². The molecule has 108 valence electrons. The van der Waals surface area contributed by atoms with E-state index in [1.807, 2.05) is 31.2 Å². The predicted octanol–water partition coefficient (Wildman–Crippen LogP) is 2.51. The minimum absolute atomic E-state index is 0.0879. The number of methoxy groups -OCH3 is 1. The van der Waals surface area contributed by atoms with Crippen molar-refractivity contribution < 1.29 is 14.3 Å². The number of hydrogen-bond donors (Lipinski definition) is 1. The summed E-state index contributed by atoms with van der Waals surface area (Å²) in [4.78, 5) is 16.7. The van der Waals surface area contributed by atoms with E-state index >= 15 is 0 Å². The van der Waals surface area contributed by atoms with Crippen molar-refractivity contribution in [2.45, 2.75) is 12.8 Å². The number of rotatable bonds is 3. The van der Waals surface area contributed by atoms with Crippen LogP contribution in [0.3, 0.4) is 0 Å². The normalized spacial score (nSPS) is 16.0. The Kier molecular flexibility index (Phi) is 3.48. The van der Waals surface area contributed by atoms with Crippen LogP contribution in [0.2, 0.25) is 0 Å². The number of pyridine rings is 1. The van der Waals surface area contributed by atoms with Gasteiger partial charge in [0.15, 0.2) is 0 Å². The zero-order valence-electron chi connectivity index (χ0n) is 11.9. The highest BCUT2D eigenvalue weighted by molar-refractivity contribution is 5.97. The second kappa shape index (κ2) is 5.44. The molecule has 0 radical (unpaired) electrons. The largest absolute Gasteiger partial charge is 0.492 e. The highest BCUT2D eigenvalue weighted by atomic mass is 16.5. The Morgan fingerprint density at radius 3 is 2.90 bits per heavy atom. The number of carbonyl (C=O) groups is 1. The number of anilines is 1. The number of para-hydroxylation sites is 1. The lowest BCUT2D eigenvalue weighted by Gasteiger charge is -2.12. The molecule has 1 aliphatic heterocycles. The van der Waals surface area contributed by atoms with Crippen molar-refractivity contribution in [1.82, 2.24) is 4.98 Å². The summed E-state index contributed by atoms with van der Waals surface area (Å²) < 4.78 is 10.6. The van der Waals surface area contributed by atoms with E-state index in [1.54, 1.807) is 19.2 Å². The molecular formula is C16H16N2O3. The van der Waals surface area contributed by atoms with Gasteiger partial charge in [-0.1, -0.05) is 18.2 Å². The van der Waals surface area contributed by atoms with E-state index in [-0.39, 0.29) is 11.8 Å². The number of fused-ring (bicyclic) bond motifs is 1. The molecule has 2 heterocycles. The van der Waals surface area contributed by atoms with Crippen molar-refractivity contribution in [2.24, 2.45) is 0 Å². The number of benzene rings is 1. The zero-order chi connectivity index (χ0) is 14.8. The summed E-state index contributed by atoms with van der Waals surface area (Å²) in [6.45, 7) is 2.20. The fourth-order valence-corrected chi connectivity index (χ4v) is 2.38. The third-order valence-corrected chi connectivity index (χ3v) is 3.54. The van der Waals surface area contributed by atoms with E-state index in [0.29, 0.717) is 18.2 Å². The van der Waals surface area contributed by atoms with E-state index < -0.39 is 0 Å². The van der Waals surface area contributed by atoms with Gasteiger partial charge in [0.05, 0.1) is 18.5 Å². The molecule has 0 spiro atoms. The molecule has 0 bridgehead atoms. The standard InChI is InChI=1S/C16H16N2O3/c1-10-13(7-8-15(17-10)20-2)18-16(19)12-9-21-14-6-4-3-5-11(12)14/h3-8,12H,9H2,1-2H3,(H,18,19)/t12-/m0/s1. The van der Waals surface area contributed by atoms with Gasteiger partial charge in [0.25, 0.3) is 0 Å². The number of nitrogens with zero attached hydrogens (tertiary/aromatic N) is 1. The second-order valence-corrected chi connectivity index (χ2v) is 4.88. The molecule has 2 aromatic rings. The van der Waals surface area contributed by atoms with E-state index in [0.717, 1.165) is 17.0 Å². The minimum Gasteiger partial charge on any atom is -0.492 e. The maximum Gasteiger partial charge on any atom is 0.235 e. The molecule has 0 unspecified atom stereocenters. The van der Waals surface area contributed by atoms with E-state index in [1.165, 1.54) is 0 Å². The van der Waals surface area contributed by atoms with Crippen LogP contribution in [-0.4, -0.2) is 24.6 Å². The van der Waals surface area contributed by atoms with Gasteiger partial charge in [-0.3, -0.25) is 4.79 Å². The third kappa shape index (κ3) is 2.54. The van der Waals surface area contributed by atoms with Crippen LogP contribution in [-0.2, 0) is 4.79 Å². The van der Waals surface area contributed by atoms with Gasteiger partial charge in [-0.2, -0.15) is 0 Å². The van der Waals surface area contributed by atoms with Crippen LogP contribution in [0.4, 0.5) is 5.69 Å². The van der Waals surface area contributed by atoms with Gasteiger partial charge >= 0.3 is 0 Å². The molecule has 1 aromatic carbocycles. The number of aryl methyl sites for hydroxylation is 1. The summed E-state index contributed by atoms with van der Waals surface area (Å²) in [6, 6.07) is 11.1. The summed E-state index contributed by atoms with van der Waals surface area (Å²) in [5, 5.41) is 2.91. The number of carbonyl (C=O) groups excluding carboxylic acids is 1. The maximum absolute atomic E-state index is 12.4. The lowest BCUT2D eigenvalue weighted by molar-refractivity contribution is -0.117. The first-order valence-corrected chi connectivity index (χ1v) is 6.73. The Balaban J connectivity index is 1.79. The van der Waals surface area contributed by atoms with Gasteiger partial charge in [-0.05, 0) is 19.1 Å². The number of ether oxygens (including phenoxy) is 2. The van der Waals surface area contributed by atoms with Crippen molar-refractivity contribution in [2.75, 3.05) is 19.0 Å². The average molecular weight is 284 g/mol. The quantitative estimate of drug-likeness (QED) is 0.940. The maximum atomic E-state index is 12.4. The fraction of sp³-hybridized carbons (Fsp3) is 0.250. The Hall–Kier alpha value is -2.56. The predicted molar refractivity (Wildman–Crippen MR) is 78.8 cm³/mol. The smallest absolute Gasteiger partial charge is 0.235 e. The minimum atomic E-state index is -0.289. The van der Waals surface area contributed by atoms with Gasteiger partial charge in [-0.25, -0.2) is 4.98 Å². The SMILES string of the molecule is COc1ccc(NC(=O)[C@H]2COc3ccccc32)c(C)n1. The van der Waals surface area contributed by atoms with Crippen molar-refractivity contribution in [3.8, 4) is 11.6 Å². The molecule has 3 rings (SSSR count). The molecule has 1 aromatic heterocycles. The van der Waals surface area contributed by atoms with Crippen LogP contribution < -0.4 is 14.8 Å². The lowest BCUT2D eigenvalue weighted by atomic mass is 10.0. The van der Waals surface area contributed by atoms with Gasteiger partial charge in [0.2, 0.25) is 11.8 Å². The molecule has 5 heteroatoms. The molecule has 1 atom stereocenters. The summed E-state index contributed by atoms with van der Waals surface area (Å²) in [5.74, 6) is 0.931. The Labute approximate surface area is 122 Å². The Bertz CT molecular complexity index is 685. The number of amides is 1. The van der Waals surface area contributed by atoms with E-state index in [2.05, 4.69) is 10.3 Å². The molecule has 21 heavy (non-hydrogen) atoms. The van der Waals surface area contributed by atoms with Crippen molar-refractivity contribution in [3.05, 3.63) is 47.7 Å². The van der Waals surface area contributed by atoms with Crippen LogP contribution in [0.1, 0.15) is 17.2 Å². The molecular weight excluding hydrogens is 268 g/mol. The Morgan fingerprint density at radius 1 is 1.33 bits per heavy atom. The summed E-state index contributed by atoms with van der Waals surface area (Å²) in [7, 11) is 1.56. The van der Waals surface area contributed by atoms with Gasteiger partial charge in [0.1, 0.15) is 18.3 Å². The van der Waals surface area contributed by atoms with Crippen LogP contribution in [0, 0.1) is 6.92 Å². The van der Waals surface area contributed by atoms with Gasteiger partial charge in [0, 0.05) is 11.6 Å². The van der Waals surface area contributed by atoms with E-state index in [4.69, 9.17) is 9.47 Å². The van der Waals surface area contributed by atoms with Gasteiger partial charge in [-0.15, -0.1) is 0 Å². The molecule has 0 saturated carbocycles. The first kappa shape index (κ1) is 13.4. The average Bonchev–Trinajstić information content (AvgIpc) is 2.93. The topological polar surface area (TPSA) is 60.5 Å². The first-order chi connectivity index (χ1) is 10.2. The number of nitrogens with one attached hydrogen (secondary N) is 1. The van der Waals surface area contributed by atoms with E-state index in [9.17, 15) is 4.79 Å². The lowest BCUT2D eigenvalue weighted by Crippen LogP contribution is -2.22. The molecule has 0 saturated heterocycles. The summed E-state index contributed by atoms with van der Waals surface area (Å²) >= 11 is 0. The molecule has 0 fully saturated rings. The molecule has 5 nitrogen and oxygen atoms in total. The van der Waals surface area contributed by atoms with Crippen molar-refractivity contribution in [1.29, 1.82) is 0 Å². The zero-order valence-corrected chi connectivity index (χ0v) is 11.9. The highest BCUT2D eigenvalue weighted by Crippen LogP contribution is 2.34. The third-order valence-electron chi connectivity index (χ3n) is 3.54. The summed E-state index contributed by atoms with van der Waals surface area (Å²) in [5.41, 5.74) is 2.33. The first-order valence-electron chi connectivity index (χ1n) is 6.73. The van der Waals surface area contributed by atoms with Crippen LogP contribution >= 0.6 is 0 Å². The van der Waals surface area contributed by atoms with Crippen LogP contribution in [0.5, 0.6) is 11.6 Å². The molecule has 1 aliphatic rings. The molecule has 0 aliphatic carbocycles. The Morgan fingerprint density at radius 2 is 2.14 bits per heavy atom. The van der Waals surface area contributed by atoms with Crippen molar-refractivity contribution in [3.63, 3.8) is 0 Å². The van der Waals surface area contributed by atoms with Gasteiger partial charge < -0.3 is 14.8 Å². The fourth-order valence-electron chi connectivity index (χ4n) is 2.38.